The zero-order valence-corrected chi connectivity index (χ0v) is 15.5. The highest BCUT2D eigenvalue weighted by atomic mass is 79.9. The first-order chi connectivity index (χ1) is 11.7. The van der Waals surface area contributed by atoms with E-state index in [1.165, 1.54) is 0 Å². The maximum atomic E-state index is 13.0. The van der Waals surface area contributed by atoms with Gasteiger partial charge in [-0.15, -0.1) is 11.3 Å². The Morgan fingerprint density at radius 1 is 1.04 bits per heavy atom. The van der Waals surface area contributed by atoms with Crippen molar-refractivity contribution in [2.75, 3.05) is 13.1 Å². The monoisotopic (exact) mass is 400 g/mol. The van der Waals surface area contributed by atoms with E-state index in [0.29, 0.717) is 0 Å². The van der Waals surface area contributed by atoms with Crippen LogP contribution < -0.4 is 0 Å². The molecule has 0 aliphatic carbocycles. The number of hydrogen-bond donors (Lipinski definition) is 0. The van der Waals surface area contributed by atoms with E-state index >= 15 is 0 Å². The highest BCUT2D eigenvalue weighted by molar-refractivity contribution is 9.10. The molecule has 1 saturated heterocycles. The minimum Gasteiger partial charge on any atom is -0.338 e. The van der Waals surface area contributed by atoms with Crippen LogP contribution in [0.2, 0.25) is 0 Å². The van der Waals surface area contributed by atoms with Crippen LogP contribution in [-0.2, 0) is 0 Å². The van der Waals surface area contributed by atoms with Crippen molar-refractivity contribution in [3.8, 4) is 16.8 Å². The van der Waals surface area contributed by atoms with Gasteiger partial charge in [-0.05, 0) is 42.7 Å². The third-order valence-electron chi connectivity index (χ3n) is 4.37. The molecule has 0 atom stereocenters. The van der Waals surface area contributed by atoms with Gasteiger partial charge < -0.3 is 9.47 Å². The predicted octanol–water partition coefficient (Wildman–Crippen LogP) is 5.20. The lowest BCUT2D eigenvalue weighted by Gasteiger charge is -2.16. The van der Waals surface area contributed by atoms with E-state index in [1.807, 2.05) is 41.6 Å². The van der Waals surface area contributed by atoms with Crippen molar-refractivity contribution < 1.29 is 4.79 Å². The number of carbonyl (C=O) groups excluding carboxylic acids is 1. The number of halogens is 1. The molecule has 3 aromatic rings. The highest BCUT2D eigenvalue weighted by Crippen LogP contribution is 2.36. The topological polar surface area (TPSA) is 25.2 Å². The summed E-state index contributed by atoms with van der Waals surface area (Å²) in [5.74, 6) is 0.157. The Bertz CT molecular complexity index is 846. The smallest absolute Gasteiger partial charge is 0.266 e. The summed E-state index contributed by atoms with van der Waals surface area (Å²) in [7, 11) is 0. The van der Waals surface area contributed by atoms with Crippen LogP contribution in [0.1, 0.15) is 22.5 Å². The molecule has 0 spiro atoms. The van der Waals surface area contributed by atoms with Crippen molar-refractivity contribution in [1.29, 1.82) is 0 Å². The first-order valence-electron chi connectivity index (χ1n) is 8.04. The standard InChI is InChI=1S/C19H17BrN2OS/c20-15-7-5-14(6-8-15)16-13-24-18(17(16)21-9-1-2-10-21)19(23)22-11-3-4-12-22/h1-2,5-10,13H,3-4,11-12H2. The number of aromatic nitrogens is 1. The van der Waals surface area contributed by atoms with Gasteiger partial charge in [0.25, 0.3) is 5.91 Å². The normalized spacial score (nSPS) is 14.3. The minimum atomic E-state index is 0.157. The average Bonchev–Trinajstić information content (AvgIpc) is 3.34. The third kappa shape index (κ3) is 2.82. The number of rotatable bonds is 3. The van der Waals surface area contributed by atoms with Crippen LogP contribution in [0.3, 0.4) is 0 Å². The average molecular weight is 401 g/mol. The summed E-state index contributed by atoms with van der Waals surface area (Å²) in [6.07, 6.45) is 6.22. The lowest BCUT2D eigenvalue weighted by Crippen LogP contribution is -2.27. The van der Waals surface area contributed by atoms with Crippen molar-refractivity contribution in [1.82, 2.24) is 9.47 Å². The van der Waals surface area contributed by atoms with Gasteiger partial charge in [0.15, 0.2) is 0 Å². The summed E-state index contributed by atoms with van der Waals surface area (Å²) in [6.45, 7) is 1.74. The van der Waals surface area contributed by atoms with Gasteiger partial charge in [-0.2, -0.15) is 0 Å². The molecule has 3 heterocycles. The summed E-state index contributed by atoms with van der Waals surface area (Å²) in [5, 5.41) is 2.10. The number of nitrogens with zero attached hydrogens (tertiary/aromatic N) is 2. The summed E-state index contributed by atoms with van der Waals surface area (Å²) >= 11 is 5.03. The van der Waals surface area contributed by atoms with Crippen LogP contribution in [0.15, 0.2) is 58.6 Å². The van der Waals surface area contributed by atoms with Gasteiger partial charge in [-0.3, -0.25) is 4.79 Å². The van der Waals surface area contributed by atoms with Gasteiger partial charge in [-0.25, -0.2) is 0 Å². The van der Waals surface area contributed by atoms with Crippen LogP contribution in [0.25, 0.3) is 16.8 Å². The molecule has 2 aromatic heterocycles. The Balaban J connectivity index is 1.83. The molecule has 0 radical (unpaired) electrons. The Kier molecular flexibility index (Phi) is 4.29. The number of carbonyl (C=O) groups is 1. The summed E-state index contributed by atoms with van der Waals surface area (Å²) < 4.78 is 3.11. The fraction of sp³-hybridized carbons (Fsp3) is 0.211. The minimum absolute atomic E-state index is 0.157. The van der Waals surface area contributed by atoms with E-state index in [-0.39, 0.29) is 5.91 Å². The molecule has 0 saturated carbocycles. The molecular weight excluding hydrogens is 384 g/mol. The first-order valence-corrected chi connectivity index (χ1v) is 9.71. The van der Waals surface area contributed by atoms with Crippen LogP contribution in [0.4, 0.5) is 0 Å². The van der Waals surface area contributed by atoms with Crippen LogP contribution in [-0.4, -0.2) is 28.5 Å². The van der Waals surface area contributed by atoms with E-state index in [4.69, 9.17) is 0 Å². The molecule has 122 valence electrons. The first kappa shape index (κ1) is 15.7. The number of amides is 1. The van der Waals surface area contributed by atoms with Crippen molar-refractivity contribution in [2.24, 2.45) is 0 Å². The molecule has 1 aliphatic rings. The van der Waals surface area contributed by atoms with E-state index in [9.17, 15) is 4.79 Å². The van der Waals surface area contributed by atoms with Gasteiger partial charge in [0.2, 0.25) is 0 Å². The molecule has 5 heteroatoms. The van der Waals surface area contributed by atoms with Crippen molar-refractivity contribution >= 4 is 33.2 Å². The molecular formula is C19H17BrN2OS. The number of benzene rings is 1. The zero-order valence-electron chi connectivity index (χ0n) is 13.1. The zero-order chi connectivity index (χ0) is 16.5. The Morgan fingerprint density at radius 2 is 1.71 bits per heavy atom. The van der Waals surface area contributed by atoms with Gasteiger partial charge in [0, 0.05) is 40.9 Å². The molecule has 0 bridgehead atoms. The number of thiophene rings is 1. The molecule has 1 aliphatic heterocycles. The predicted molar refractivity (Wildman–Crippen MR) is 102 cm³/mol. The second kappa shape index (κ2) is 6.57. The Morgan fingerprint density at radius 3 is 2.38 bits per heavy atom. The number of likely N-dealkylation sites (tertiary alicyclic amines) is 1. The molecule has 4 rings (SSSR count). The SMILES string of the molecule is O=C(c1scc(-c2ccc(Br)cc2)c1-n1cccc1)N1CCCC1. The second-order valence-electron chi connectivity index (χ2n) is 5.92. The molecule has 0 N–H and O–H groups in total. The summed E-state index contributed by atoms with van der Waals surface area (Å²) in [6, 6.07) is 12.2. The van der Waals surface area contributed by atoms with Crippen molar-refractivity contribution in [3.63, 3.8) is 0 Å². The summed E-state index contributed by atoms with van der Waals surface area (Å²) in [4.78, 5) is 15.8. The lowest BCUT2D eigenvalue weighted by molar-refractivity contribution is 0.0797. The van der Waals surface area contributed by atoms with Crippen molar-refractivity contribution in [2.45, 2.75) is 12.8 Å². The van der Waals surface area contributed by atoms with Gasteiger partial charge in [0.1, 0.15) is 4.88 Å². The van der Waals surface area contributed by atoms with E-state index in [2.05, 4.69) is 38.0 Å². The van der Waals surface area contributed by atoms with E-state index < -0.39 is 0 Å². The number of hydrogen-bond acceptors (Lipinski definition) is 2. The van der Waals surface area contributed by atoms with Gasteiger partial charge in [0.05, 0.1) is 5.69 Å². The molecule has 0 unspecified atom stereocenters. The fourth-order valence-electron chi connectivity index (χ4n) is 3.14. The van der Waals surface area contributed by atoms with Crippen LogP contribution in [0.5, 0.6) is 0 Å². The van der Waals surface area contributed by atoms with Crippen molar-refractivity contribution in [3.05, 3.63) is 63.5 Å². The third-order valence-corrected chi connectivity index (χ3v) is 5.86. The van der Waals surface area contributed by atoms with Crippen LogP contribution >= 0.6 is 27.3 Å². The Hall–Kier alpha value is -1.85. The molecule has 3 nitrogen and oxygen atoms in total. The molecule has 24 heavy (non-hydrogen) atoms. The van der Waals surface area contributed by atoms with Gasteiger partial charge >= 0.3 is 0 Å². The summed E-state index contributed by atoms with van der Waals surface area (Å²) in [5.41, 5.74) is 3.22. The maximum absolute atomic E-state index is 13.0. The maximum Gasteiger partial charge on any atom is 0.266 e. The lowest BCUT2D eigenvalue weighted by atomic mass is 10.1. The molecule has 1 fully saturated rings. The molecule has 1 amide bonds. The van der Waals surface area contributed by atoms with E-state index in [0.717, 1.165) is 52.1 Å². The largest absolute Gasteiger partial charge is 0.338 e. The molecule has 1 aromatic carbocycles. The van der Waals surface area contributed by atoms with E-state index in [1.54, 1.807) is 11.3 Å². The van der Waals surface area contributed by atoms with Gasteiger partial charge in [-0.1, -0.05) is 28.1 Å². The highest BCUT2D eigenvalue weighted by Gasteiger charge is 2.26. The second-order valence-corrected chi connectivity index (χ2v) is 7.72. The quantitative estimate of drug-likeness (QED) is 0.592. The van der Waals surface area contributed by atoms with Crippen LogP contribution in [0, 0.1) is 0 Å². The Labute approximate surface area is 153 Å². The fourth-order valence-corrected chi connectivity index (χ4v) is 4.45.